The SMILES string of the molecule is C[N+](C)(C)C(C(=O)O)C(CCO)CCS(=O)(=O)O. The second kappa shape index (κ2) is 6.46. The Kier molecular flexibility index (Phi) is 6.21. The van der Waals surface area contributed by atoms with Crippen LogP contribution in [0.5, 0.6) is 0 Å². The van der Waals surface area contributed by atoms with Crippen molar-refractivity contribution >= 4 is 16.1 Å². The summed E-state index contributed by atoms with van der Waals surface area (Å²) in [7, 11) is 0.950. The predicted octanol–water partition coefficient (Wildman–Crippen LogP) is -0.578. The first-order chi connectivity index (χ1) is 7.99. The van der Waals surface area contributed by atoms with E-state index in [0.717, 1.165) is 0 Å². The van der Waals surface area contributed by atoms with E-state index >= 15 is 0 Å². The molecule has 0 rings (SSSR count). The van der Waals surface area contributed by atoms with E-state index in [0.29, 0.717) is 0 Å². The maximum Gasteiger partial charge on any atom is 0.362 e. The average Bonchev–Trinajstić information content (AvgIpc) is 2.10. The van der Waals surface area contributed by atoms with Gasteiger partial charge in [0, 0.05) is 12.5 Å². The summed E-state index contributed by atoms with van der Waals surface area (Å²) in [4.78, 5) is 11.3. The molecule has 0 aliphatic carbocycles. The van der Waals surface area contributed by atoms with E-state index in [2.05, 4.69) is 0 Å². The van der Waals surface area contributed by atoms with Crippen LogP contribution in [0.3, 0.4) is 0 Å². The van der Waals surface area contributed by atoms with Crippen molar-refractivity contribution in [3.63, 3.8) is 0 Å². The number of hydrogen-bond acceptors (Lipinski definition) is 4. The van der Waals surface area contributed by atoms with Crippen molar-refractivity contribution in [1.29, 1.82) is 0 Å². The third kappa shape index (κ3) is 6.29. The van der Waals surface area contributed by atoms with Crippen LogP contribution < -0.4 is 0 Å². The van der Waals surface area contributed by atoms with Gasteiger partial charge in [0.05, 0.1) is 26.9 Å². The van der Waals surface area contributed by atoms with E-state index in [1.165, 1.54) is 0 Å². The minimum Gasteiger partial charge on any atom is -0.477 e. The molecule has 0 amide bonds. The summed E-state index contributed by atoms with van der Waals surface area (Å²) in [6.07, 6.45) is 0.188. The summed E-state index contributed by atoms with van der Waals surface area (Å²) in [6, 6.07) is -0.834. The topological polar surface area (TPSA) is 112 Å². The molecule has 3 N–H and O–H groups in total. The molecule has 0 saturated heterocycles. The van der Waals surface area contributed by atoms with E-state index < -0.39 is 33.8 Å². The number of rotatable bonds is 8. The van der Waals surface area contributed by atoms with Gasteiger partial charge >= 0.3 is 5.97 Å². The number of aliphatic carboxylic acids is 1. The summed E-state index contributed by atoms with van der Waals surface area (Å²) >= 11 is 0. The van der Waals surface area contributed by atoms with Crippen LogP contribution in [0.25, 0.3) is 0 Å². The lowest BCUT2D eigenvalue weighted by molar-refractivity contribution is -0.891. The Hall–Kier alpha value is -0.700. The molecule has 0 aliphatic heterocycles. The number of aliphatic hydroxyl groups is 1. The summed E-state index contributed by atoms with van der Waals surface area (Å²) in [6.45, 7) is -0.222. The second-order valence-corrected chi connectivity index (χ2v) is 6.82. The number of nitrogens with zero attached hydrogens (tertiary/aromatic N) is 1. The average molecular weight is 284 g/mol. The van der Waals surface area contributed by atoms with Crippen molar-refractivity contribution in [3.8, 4) is 0 Å². The highest BCUT2D eigenvalue weighted by Gasteiger charge is 2.39. The third-order valence-corrected chi connectivity index (χ3v) is 3.53. The maximum absolute atomic E-state index is 11.3. The molecular weight excluding hydrogens is 262 g/mol. The zero-order valence-corrected chi connectivity index (χ0v) is 11.7. The van der Waals surface area contributed by atoms with Crippen molar-refractivity contribution in [3.05, 3.63) is 0 Å². The fraction of sp³-hybridized carbons (Fsp3) is 0.900. The van der Waals surface area contributed by atoms with Crippen LogP contribution in [0.2, 0.25) is 0 Å². The van der Waals surface area contributed by atoms with E-state index in [-0.39, 0.29) is 23.9 Å². The lowest BCUT2D eigenvalue weighted by Crippen LogP contribution is -2.54. The molecule has 0 heterocycles. The molecule has 8 heteroatoms. The molecule has 0 radical (unpaired) electrons. The molecule has 7 nitrogen and oxygen atoms in total. The Labute approximate surface area is 107 Å². The van der Waals surface area contributed by atoms with Gasteiger partial charge < -0.3 is 14.7 Å². The zero-order chi connectivity index (χ0) is 14.6. The lowest BCUT2D eigenvalue weighted by Gasteiger charge is -2.36. The Morgan fingerprint density at radius 1 is 1.22 bits per heavy atom. The molecule has 0 spiro atoms. The van der Waals surface area contributed by atoms with Crippen molar-refractivity contribution in [2.75, 3.05) is 33.5 Å². The molecular formula is C10H22NO6S+. The largest absolute Gasteiger partial charge is 0.477 e. The van der Waals surface area contributed by atoms with Crippen molar-refractivity contribution < 1.29 is 32.5 Å². The van der Waals surface area contributed by atoms with Gasteiger partial charge in [0.1, 0.15) is 0 Å². The number of carboxylic acid groups (broad SMARTS) is 1. The van der Waals surface area contributed by atoms with Crippen molar-refractivity contribution in [1.82, 2.24) is 0 Å². The van der Waals surface area contributed by atoms with Crippen LogP contribution in [-0.2, 0) is 14.9 Å². The van der Waals surface area contributed by atoms with Crippen LogP contribution in [0.15, 0.2) is 0 Å². The van der Waals surface area contributed by atoms with E-state index in [1.54, 1.807) is 21.1 Å². The van der Waals surface area contributed by atoms with Crippen LogP contribution in [-0.4, -0.2) is 73.2 Å². The Balaban J connectivity index is 4.99. The number of hydrogen-bond donors (Lipinski definition) is 3. The molecule has 2 atom stereocenters. The third-order valence-electron chi connectivity index (χ3n) is 2.78. The molecule has 0 aromatic heterocycles. The van der Waals surface area contributed by atoms with E-state index in [4.69, 9.17) is 9.66 Å². The fourth-order valence-corrected chi connectivity index (χ4v) is 2.69. The first kappa shape index (κ1) is 17.3. The lowest BCUT2D eigenvalue weighted by atomic mass is 9.91. The quantitative estimate of drug-likeness (QED) is 0.406. The zero-order valence-electron chi connectivity index (χ0n) is 10.9. The number of likely N-dealkylation sites (N-methyl/N-ethyl adjacent to an activating group) is 1. The van der Waals surface area contributed by atoms with Crippen LogP contribution in [0.4, 0.5) is 0 Å². The summed E-state index contributed by atoms with van der Waals surface area (Å²) < 4.78 is 30.3. The van der Waals surface area contributed by atoms with Crippen LogP contribution in [0, 0.1) is 5.92 Å². The Morgan fingerprint density at radius 3 is 2.00 bits per heavy atom. The summed E-state index contributed by atoms with van der Waals surface area (Å²) in [5.41, 5.74) is 0. The monoisotopic (exact) mass is 284 g/mol. The van der Waals surface area contributed by atoms with Crippen LogP contribution >= 0.6 is 0 Å². The molecule has 0 fully saturated rings. The number of carbonyl (C=O) groups is 1. The molecule has 108 valence electrons. The molecule has 0 aliphatic rings. The summed E-state index contributed by atoms with van der Waals surface area (Å²) in [5, 5.41) is 18.2. The van der Waals surface area contributed by atoms with Gasteiger partial charge in [0.25, 0.3) is 10.1 Å². The number of carboxylic acids is 1. The molecule has 0 saturated carbocycles. The van der Waals surface area contributed by atoms with Crippen molar-refractivity contribution in [2.45, 2.75) is 18.9 Å². The van der Waals surface area contributed by atoms with Gasteiger partial charge in [-0.1, -0.05) is 0 Å². The van der Waals surface area contributed by atoms with Gasteiger partial charge in [-0.15, -0.1) is 0 Å². The van der Waals surface area contributed by atoms with Gasteiger partial charge in [-0.25, -0.2) is 4.79 Å². The summed E-state index contributed by atoms with van der Waals surface area (Å²) in [5.74, 6) is -2.06. The fourth-order valence-electron chi connectivity index (χ4n) is 2.09. The predicted molar refractivity (Wildman–Crippen MR) is 65.7 cm³/mol. The highest BCUT2D eigenvalue weighted by atomic mass is 32.2. The minimum atomic E-state index is -4.12. The van der Waals surface area contributed by atoms with Gasteiger partial charge in [0.15, 0.2) is 6.04 Å². The van der Waals surface area contributed by atoms with Gasteiger partial charge in [-0.2, -0.15) is 8.42 Å². The first-order valence-corrected chi connectivity index (χ1v) is 7.20. The normalized spacial score (nSPS) is 16.3. The number of aliphatic hydroxyl groups excluding tert-OH is 1. The van der Waals surface area contributed by atoms with Gasteiger partial charge in [-0.3, -0.25) is 4.55 Å². The standard InChI is InChI=1S/C10H21NO6S/c1-11(2,3)9(10(13)14)8(4-6-12)5-7-18(15,16)17/h8-9,12H,4-7H2,1-3H3,(H-,13,14,15,16,17)/p+1. The highest BCUT2D eigenvalue weighted by molar-refractivity contribution is 7.85. The minimum absolute atomic E-state index is 0.00583. The first-order valence-electron chi connectivity index (χ1n) is 5.59. The second-order valence-electron chi connectivity index (χ2n) is 5.25. The van der Waals surface area contributed by atoms with Crippen LogP contribution in [0.1, 0.15) is 12.8 Å². The Bertz CT molecular complexity index is 372. The molecule has 18 heavy (non-hydrogen) atoms. The molecule has 0 bridgehead atoms. The molecule has 2 unspecified atom stereocenters. The number of quaternary nitrogens is 1. The van der Waals surface area contributed by atoms with Gasteiger partial charge in [-0.05, 0) is 12.8 Å². The maximum atomic E-state index is 11.3. The van der Waals surface area contributed by atoms with E-state index in [9.17, 15) is 18.3 Å². The van der Waals surface area contributed by atoms with E-state index in [1.807, 2.05) is 0 Å². The molecule has 0 aromatic carbocycles. The van der Waals surface area contributed by atoms with Crippen molar-refractivity contribution in [2.24, 2.45) is 5.92 Å². The molecule has 0 aromatic rings. The highest BCUT2D eigenvalue weighted by Crippen LogP contribution is 2.22. The smallest absolute Gasteiger partial charge is 0.362 e. The Morgan fingerprint density at radius 2 is 1.72 bits per heavy atom. The van der Waals surface area contributed by atoms with Gasteiger partial charge in [0.2, 0.25) is 0 Å².